The molecule has 2 aromatic heterocycles. The van der Waals surface area contributed by atoms with Crippen LogP contribution >= 0.6 is 23.1 Å². The summed E-state index contributed by atoms with van der Waals surface area (Å²) in [6.07, 6.45) is 1.50. The van der Waals surface area contributed by atoms with Gasteiger partial charge in [0.25, 0.3) is 5.91 Å². The Morgan fingerprint density at radius 1 is 1.03 bits per heavy atom. The molecule has 0 bridgehead atoms. The lowest BCUT2D eigenvalue weighted by Crippen LogP contribution is -2.14. The summed E-state index contributed by atoms with van der Waals surface area (Å²) in [7, 11) is 1.40. The van der Waals surface area contributed by atoms with Crippen LogP contribution in [0.15, 0.2) is 59.1 Å². The Kier molecular flexibility index (Phi) is 7.13. The van der Waals surface area contributed by atoms with Crippen LogP contribution in [0.5, 0.6) is 5.75 Å². The maximum absolute atomic E-state index is 13.2. The van der Waals surface area contributed by atoms with Crippen molar-refractivity contribution in [1.29, 1.82) is 0 Å². The quantitative estimate of drug-likeness (QED) is 0.277. The first-order valence-electron chi connectivity index (χ1n) is 9.64. The highest BCUT2D eigenvalue weighted by Crippen LogP contribution is 2.27. The third-order valence-electron chi connectivity index (χ3n) is 4.29. The molecule has 0 fully saturated rings. The Hall–Kier alpha value is -3.84. The van der Waals surface area contributed by atoms with Gasteiger partial charge in [-0.25, -0.2) is 13.5 Å². The zero-order valence-electron chi connectivity index (χ0n) is 17.5. The van der Waals surface area contributed by atoms with Crippen molar-refractivity contribution in [1.82, 2.24) is 20.0 Å². The smallest absolute Gasteiger partial charge is 0.281 e. The average molecular weight is 503 g/mol. The molecule has 13 heteroatoms. The van der Waals surface area contributed by atoms with Crippen molar-refractivity contribution in [2.24, 2.45) is 0 Å². The van der Waals surface area contributed by atoms with Gasteiger partial charge in [0, 0.05) is 5.69 Å². The third-order valence-corrected chi connectivity index (χ3v) is 6.26. The largest absolute Gasteiger partial charge is 0.493 e. The summed E-state index contributed by atoms with van der Waals surface area (Å²) < 4.78 is 33.2. The van der Waals surface area contributed by atoms with Crippen molar-refractivity contribution in [3.63, 3.8) is 0 Å². The number of aromatic nitrogens is 4. The number of hydrogen-bond donors (Lipinski definition) is 2. The Morgan fingerprint density at radius 2 is 1.71 bits per heavy atom. The molecule has 2 N–H and O–H groups in total. The standard InChI is InChI=1S/C21H16F2N6O3S2/c1-32-16-10-29(15-8-4-13(23)5-9-15)28-18(16)19(31)25-20-26-27-21(34-20)33-11-17(30)24-14-6-2-12(22)3-7-14/h2-10H,11H2,1H3,(H,24,30)(H,25,26,31). The molecule has 0 saturated carbocycles. The van der Waals surface area contributed by atoms with Crippen LogP contribution in [0.1, 0.15) is 10.5 Å². The first-order chi connectivity index (χ1) is 16.4. The van der Waals surface area contributed by atoms with Gasteiger partial charge >= 0.3 is 0 Å². The van der Waals surface area contributed by atoms with Crippen molar-refractivity contribution in [3.05, 3.63) is 72.1 Å². The van der Waals surface area contributed by atoms with Gasteiger partial charge in [-0.3, -0.25) is 14.9 Å². The Morgan fingerprint density at radius 3 is 2.38 bits per heavy atom. The van der Waals surface area contributed by atoms with Crippen molar-refractivity contribution in [2.45, 2.75) is 4.34 Å². The Balaban J connectivity index is 1.36. The van der Waals surface area contributed by atoms with Gasteiger partial charge < -0.3 is 10.1 Å². The number of nitrogens with zero attached hydrogens (tertiary/aromatic N) is 4. The normalized spacial score (nSPS) is 10.7. The fourth-order valence-corrected chi connectivity index (χ4v) is 4.27. The highest BCUT2D eigenvalue weighted by Gasteiger charge is 2.20. The number of benzene rings is 2. The van der Waals surface area contributed by atoms with E-state index in [1.807, 2.05) is 0 Å². The number of rotatable bonds is 8. The van der Waals surface area contributed by atoms with Crippen LogP contribution in [-0.2, 0) is 4.79 Å². The van der Waals surface area contributed by atoms with Gasteiger partial charge in [0.15, 0.2) is 15.8 Å². The number of carbonyl (C=O) groups excluding carboxylic acids is 2. The van der Waals surface area contributed by atoms with Crippen LogP contribution in [0.2, 0.25) is 0 Å². The maximum atomic E-state index is 13.2. The van der Waals surface area contributed by atoms with Crippen LogP contribution in [0.3, 0.4) is 0 Å². The van der Waals surface area contributed by atoms with E-state index in [1.54, 1.807) is 0 Å². The number of amides is 2. The SMILES string of the molecule is COc1cn(-c2ccc(F)cc2)nc1C(=O)Nc1nnc(SCC(=O)Nc2ccc(F)cc2)s1. The second-order valence-corrected chi connectivity index (χ2v) is 8.84. The lowest BCUT2D eigenvalue weighted by molar-refractivity contribution is -0.113. The molecule has 2 amide bonds. The first-order valence-corrected chi connectivity index (χ1v) is 11.4. The molecule has 4 aromatic rings. The molecule has 0 unspecified atom stereocenters. The maximum Gasteiger partial charge on any atom is 0.281 e. The highest BCUT2D eigenvalue weighted by atomic mass is 32.2. The van der Waals surface area contributed by atoms with E-state index in [9.17, 15) is 18.4 Å². The molecule has 2 aromatic carbocycles. The van der Waals surface area contributed by atoms with E-state index in [-0.39, 0.29) is 28.2 Å². The highest BCUT2D eigenvalue weighted by molar-refractivity contribution is 8.01. The minimum atomic E-state index is -0.570. The number of thioether (sulfide) groups is 1. The number of methoxy groups -OCH3 is 1. The molecule has 0 aliphatic carbocycles. The van der Waals surface area contributed by atoms with E-state index in [4.69, 9.17) is 4.74 Å². The predicted molar refractivity (Wildman–Crippen MR) is 124 cm³/mol. The van der Waals surface area contributed by atoms with Gasteiger partial charge in [0.05, 0.1) is 24.7 Å². The second kappa shape index (κ2) is 10.4. The molecular formula is C21H16F2N6O3S2. The molecule has 0 spiro atoms. The Labute approximate surface area is 200 Å². The van der Waals surface area contributed by atoms with Crippen LogP contribution in [0, 0.1) is 11.6 Å². The van der Waals surface area contributed by atoms with Crippen molar-refractivity contribution in [3.8, 4) is 11.4 Å². The first kappa shape index (κ1) is 23.3. The molecule has 174 valence electrons. The minimum Gasteiger partial charge on any atom is -0.493 e. The zero-order chi connectivity index (χ0) is 24.1. The van der Waals surface area contributed by atoms with Crippen LogP contribution in [0.4, 0.5) is 19.6 Å². The number of halogens is 2. The van der Waals surface area contributed by atoms with Crippen molar-refractivity contribution < 1.29 is 23.1 Å². The van der Waals surface area contributed by atoms with Gasteiger partial charge in [0.2, 0.25) is 11.0 Å². The molecule has 0 aliphatic heterocycles. The fourth-order valence-electron chi connectivity index (χ4n) is 2.72. The van der Waals surface area contributed by atoms with Crippen molar-refractivity contribution >= 4 is 45.7 Å². The number of anilines is 2. The topological polar surface area (TPSA) is 111 Å². The lowest BCUT2D eigenvalue weighted by Gasteiger charge is -2.03. The number of nitrogens with one attached hydrogen (secondary N) is 2. The van der Waals surface area contributed by atoms with E-state index in [0.29, 0.717) is 15.7 Å². The summed E-state index contributed by atoms with van der Waals surface area (Å²) in [5.74, 6) is -1.38. The van der Waals surface area contributed by atoms with E-state index >= 15 is 0 Å². The molecule has 9 nitrogen and oxygen atoms in total. The van der Waals surface area contributed by atoms with Gasteiger partial charge in [-0.15, -0.1) is 10.2 Å². The fraction of sp³-hybridized carbons (Fsp3) is 0.0952. The predicted octanol–water partition coefficient (Wildman–Crippen LogP) is 3.99. The minimum absolute atomic E-state index is 0.00917. The number of ether oxygens (including phenoxy) is 1. The molecule has 2 heterocycles. The van der Waals surface area contributed by atoms with Gasteiger partial charge in [0.1, 0.15) is 11.6 Å². The van der Waals surface area contributed by atoms with Gasteiger partial charge in [-0.2, -0.15) is 5.10 Å². The average Bonchev–Trinajstić information content (AvgIpc) is 3.47. The summed E-state index contributed by atoms with van der Waals surface area (Å²) in [6.45, 7) is 0. The van der Waals surface area contributed by atoms with Crippen LogP contribution in [0.25, 0.3) is 5.69 Å². The van der Waals surface area contributed by atoms with Crippen molar-refractivity contribution in [2.75, 3.05) is 23.5 Å². The summed E-state index contributed by atoms with van der Waals surface area (Å²) >= 11 is 2.22. The van der Waals surface area contributed by atoms with E-state index in [1.165, 1.54) is 66.5 Å². The summed E-state index contributed by atoms with van der Waals surface area (Å²) in [6, 6.07) is 11.0. The molecule has 0 radical (unpaired) electrons. The second-order valence-electron chi connectivity index (χ2n) is 6.64. The summed E-state index contributed by atoms with van der Waals surface area (Å²) in [5, 5.41) is 17.5. The third kappa shape index (κ3) is 5.74. The van der Waals surface area contributed by atoms with Gasteiger partial charge in [-0.05, 0) is 48.5 Å². The molecule has 0 saturated heterocycles. The van der Waals surface area contributed by atoms with Gasteiger partial charge in [-0.1, -0.05) is 23.1 Å². The molecular weight excluding hydrogens is 486 g/mol. The molecule has 0 aliphatic rings. The van der Waals surface area contributed by atoms with E-state index < -0.39 is 17.5 Å². The lowest BCUT2D eigenvalue weighted by atomic mass is 10.3. The molecule has 4 rings (SSSR count). The summed E-state index contributed by atoms with van der Waals surface area (Å²) in [5.41, 5.74) is 1.04. The monoisotopic (exact) mass is 502 g/mol. The summed E-state index contributed by atoms with van der Waals surface area (Å²) in [4.78, 5) is 24.8. The Bertz CT molecular complexity index is 1310. The van der Waals surface area contributed by atoms with Crippen LogP contribution in [-0.4, -0.2) is 44.7 Å². The molecule has 34 heavy (non-hydrogen) atoms. The van der Waals surface area contributed by atoms with E-state index in [2.05, 4.69) is 25.9 Å². The molecule has 0 atom stereocenters. The van der Waals surface area contributed by atoms with Crippen LogP contribution < -0.4 is 15.4 Å². The number of hydrogen-bond acceptors (Lipinski definition) is 8. The zero-order valence-corrected chi connectivity index (χ0v) is 19.1. The number of carbonyl (C=O) groups is 2. The van der Waals surface area contributed by atoms with E-state index in [0.717, 1.165) is 23.1 Å².